The molecule has 1 aliphatic heterocycles. The number of esters is 1. The molecule has 0 aliphatic carbocycles. The summed E-state index contributed by atoms with van der Waals surface area (Å²) in [6.07, 6.45) is -2.49. The molecular weight excluding hydrogens is 507 g/mol. The Labute approximate surface area is 183 Å². The van der Waals surface area contributed by atoms with Crippen LogP contribution in [0.25, 0.3) is 0 Å². The van der Waals surface area contributed by atoms with E-state index in [9.17, 15) is 9.90 Å². The summed E-state index contributed by atoms with van der Waals surface area (Å²) in [5, 5.41) is 11.5. The molecule has 28 heavy (non-hydrogen) atoms. The summed E-state index contributed by atoms with van der Waals surface area (Å²) in [5.41, 5.74) is 0. The van der Waals surface area contributed by atoms with E-state index in [2.05, 4.69) is 61.9 Å². The third-order valence-electron chi connectivity index (χ3n) is 5.30. The molecule has 158 valence electrons. The number of alkyl halides is 1. The first-order valence-electron chi connectivity index (χ1n) is 9.42. The van der Waals surface area contributed by atoms with Crippen LogP contribution in [-0.2, 0) is 18.7 Å². The van der Waals surface area contributed by atoms with Gasteiger partial charge in [0.15, 0.2) is 0 Å². The standard InChI is InChI=1S/C20H31BrO5SeSi/c1-13(22)24-19-18(27-14-10-8-7-9-11-14)17(16(23)15(12-21)25-19)26-28(5,6)20(2,3)4/h7-11,15-19,23H,12H2,1-6H3/t15-,16-,17+,18-,19-/m1/s1. The predicted molar refractivity (Wildman–Crippen MR) is 118 cm³/mol. The van der Waals surface area contributed by atoms with Gasteiger partial charge >= 0.3 is 184 Å². The van der Waals surface area contributed by atoms with Gasteiger partial charge in [-0.2, -0.15) is 0 Å². The van der Waals surface area contributed by atoms with Gasteiger partial charge in [0.05, 0.1) is 0 Å². The summed E-state index contributed by atoms with van der Waals surface area (Å²) < 4.78 is 19.4. The number of carbonyl (C=O) groups excluding carboxylic acids is 1. The fraction of sp³-hybridized carbons (Fsp3) is 0.650. The zero-order valence-electron chi connectivity index (χ0n) is 17.3. The molecule has 0 saturated carbocycles. The van der Waals surface area contributed by atoms with E-state index in [0.717, 1.165) is 4.46 Å². The van der Waals surface area contributed by atoms with Gasteiger partial charge in [0.1, 0.15) is 0 Å². The van der Waals surface area contributed by atoms with Gasteiger partial charge in [-0.1, -0.05) is 0 Å². The second kappa shape index (κ2) is 9.73. The summed E-state index contributed by atoms with van der Waals surface area (Å²) in [5.74, 6) is -0.394. The topological polar surface area (TPSA) is 65.0 Å². The molecule has 5 nitrogen and oxygen atoms in total. The van der Waals surface area contributed by atoms with Gasteiger partial charge in [-0.05, 0) is 0 Å². The fourth-order valence-electron chi connectivity index (χ4n) is 2.71. The van der Waals surface area contributed by atoms with E-state index >= 15 is 0 Å². The van der Waals surface area contributed by atoms with E-state index in [1.165, 1.54) is 6.92 Å². The summed E-state index contributed by atoms with van der Waals surface area (Å²) in [7, 11) is -2.17. The van der Waals surface area contributed by atoms with E-state index in [-0.39, 0.29) is 24.8 Å². The average molecular weight is 538 g/mol. The number of rotatable bonds is 6. The molecule has 0 amide bonds. The molecular formula is C20H31BrO5SeSi. The number of halogens is 1. The van der Waals surface area contributed by atoms with Crippen molar-refractivity contribution in [2.75, 3.05) is 5.33 Å². The Morgan fingerprint density at radius 2 is 1.89 bits per heavy atom. The first-order valence-corrected chi connectivity index (χ1v) is 15.3. The molecule has 8 heteroatoms. The van der Waals surface area contributed by atoms with Gasteiger partial charge in [-0.15, -0.1) is 0 Å². The van der Waals surface area contributed by atoms with E-state index < -0.39 is 38.9 Å². The van der Waals surface area contributed by atoms with Crippen molar-refractivity contribution in [2.45, 2.75) is 75.2 Å². The summed E-state index contributed by atoms with van der Waals surface area (Å²) in [4.78, 5) is 11.5. The number of hydrogen-bond donors (Lipinski definition) is 1. The minimum absolute atomic E-state index is 0.00382. The maximum absolute atomic E-state index is 11.7. The van der Waals surface area contributed by atoms with E-state index in [1.54, 1.807) is 0 Å². The number of aliphatic hydroxyl groups excluding tert-OH is 1. The zero-order valence-corrected chi connectivity index (χ0v) is 21.6. The van der Waals surface area contributed by atoms with Crippen LogP contribution < -0.4 is 4.46 Å². The average Bonchev–Trinajstić information content (AvgIpc) is 2.59. The molecule has 1 aliphatic rings. The van der Waals surface area contributed by atoms with E-state index in [4.69, 9.17) is 13.9 Å². The van der Waals surface area contributed by atoms with Crippen LogP contribution in [-0.4, -0.2) is 64.3 Å². The quantitative estimate of drug-likeness (QED) is 0.343. The van der Waals surface area contributed by atoms with Crippen LogP contribution in [0.15, 0.2) is 30.3 Å². The summed E-state index contributed by atoms with van der Waals surface area (Å²) >= 11 is 3.31. The molecule has 1 heterocycles. The van der Waals surface area contributed by atoms with Crippen LogP contribution >= 0.6 is 15.9 Å². The molecule has 1 aromatic carbocycles. The molecule has 1 fully saturated rings. The third-order valence-corrected chi connectivity index (χ3v) is 13.2. The van der Waals surface area contributed by atoms with Crippen molar-refractivity contribution in [2.24, 2.45) is 0 Å². The van der Waals surface area contributed by atoms with Gasteiger partial charge in [0.25, 0.3) is 0 Å². The number of benzene rings is 1. The van der Waals surface area contributed by atoms with Crippen molar-refractivity contribution in [3.05, 3.63) is 30.3 Å². The minimum atomic E-state index is -2.17. The second-order valence-corrected chi connectivity index (χ2v) is 16.6. The SMILES string of the molecule is CC(=O)O[C@@H]1O[C@H](CBr)[C@@H](O)[C@H](O[Si](C)(C)C(C)(C)C)[C@H]1[Se]c1ccccc1. The Hall–Kier alpha value is -0.214. The number of hydrogen-bond acceptors (Lipinski definition) is 5. The van der Waals surface area contributed by atoms with E-state index in [0.29, 0.717) is 5.33 Å². The number of ether oxygens (including phenoxy) is 2. The number of carbonyl (C=O) groups is 1. The van der Waals surface area contributed by atoms with Crippen LogP contribution in [0.3, 0.4) is 0 Å². The number of aliphatic hydroxyl groups is 1. The van der Waals surface area contributed by atoms with Crippen molar-refractivity contribution in [3.8, 4) is 0 Å². The zero-order chi connectivity index (χ0) is 21.1. The van der Waals surface area contributed by atoms with Crippen molar-refractivity contribution in [3.63, 3.8) is 0 Å². The first-order chi connectivity index (χ1) is 13.0. The Balaban J connectivity index is 2.40. The van der Waals surface area contributed by atoms with E-state index in [1.807, 2.05) is 18.2 Å². The fourth-order valence-corrected chi connectivity index (χ4v) is 7.32. The molecule has 2 rings (SSSR count). The maximum atomic E-state index is 11.7. The van der Waals surface area contributed by atoms with Crippen molar-refractivity contribution in [1.29, 1.82) is 0 Å². The monoisotopic (exact) mass is 538 g/mol. The molecule has 0 unspecified atom stereocenters. The van der Waals surface area contributed by atoms with Crippen LogP contribution in [0.1, 0.15) is 27.7 Å². The second-order valence-electron chi connectivity index (χ2n) is 8.54. The molecule has 1 aromatic rings. The van der Waals surface area contributed by atoms with Crippen LogP contribution in [0.4, 0.5) is 0 Å². The molecule has 1 saturated heterocycles. The van der Waals surface area contributed by atoms with Crippen LogP contribution in [0.2, 0.25) is 22.9 Å². The molecule has 0 spiro atoms. The summed E-state index contributed by atoms with van der Waals surface area (Å²) in [6, 6.07) is 10.1. The van der Waals surface area contributed by atoms with Gasteiger partial charge in [-0.3, -0.25) is 0 Å². The Morgan fingerprint density at radius 3 is 2.39 bits per heavy atom. The van der Waals surface area contributed by atoms with Gasteiger partial charge in [0.2, 0.25) is 0 Å². The third kappa shape index (κ3) is 5.91. The van der Waals surface area contributed by atoms with Crippen LogP contribution in [0, 0.1) is 0 Å². The van der Waals surface area contributed by atoms with Gasteiger partial charge in [-0.25, -0.2) is 0 Å². The molecule has 5 atom stereocenters. The van der Waals surface area contributed by atoms with Crippen LogP contribution in [0.5, 0.6) is 0 Å². The van der Waals surface area contributed by atoms with Gasteiger partial charge in [0, 0.05) is 0 Å². The molecule has 0 aromatic heterocycles. The molecule has 0 bridgehead atoms. The van der Waals surface area contributed by atoms with Crippen molar-refractivity contribution < 1.29 is 23.8 Å². The van der Waals surface area contributed by atoms with Gasteiger partial charge < -0.3 is 0 Å². The first kappa shape index (κ1) is 24.1. The Kier molecular flexibility index (Phi) is 8.36. The Morgan fingerprint density at radius 1 is 1.29 bits per heavy atom. The normalized spacial score (nSPS) is 28.8. The van der Waals surface area contributed by atoms with Crippen molar-refractivity contribution in [1.82, 2.24) is 0 Å². The molecule has 0 radical (unpaired) electrons. The predicted octanol–water partition coefficient (Wildman–Crippen LogP) is 3.24. The summed E-state index contributed by atoms with van der Waals surface area (Å²) in [6.45, 7) is 12.3. The van der Waals surface area contributed by atoms with Crippen molar-refractivity contribution >= 4 is 49.6 Å². The Bertz CT molecular complexity index is 652. The molecule has 1 N–H and O–H groups in total.